The number of fused-ring (bicyclic) bond motifs is 2. The van der Waals surface area contributed by atoms with E-state index in [0.717, 1.165) is 19.4 Å². The highest BCUT2D eigenvalue weighted by Crippen LogP contribution is 2.43. The van der Waals surface area contributed by atoms with E-state index in [2.05, 4.69) is 4.90 Å². The van der Waals surface area contributed by atoms with E-state index in [0.29, 0.717) is 31.2 Å². The normalized spacial score (nSPS) is 40.5. The van der Waals surface area contributed by atoms with Crippen LogP contribution in [0.3, 0.4) is 0 Å². The van der Waals surface area contributed by atoms with E-state index in [-0.39, 0.29) is 11.8 Å². The molecular weight excluding hydrogens is 295 g/mol. The van der Waals surface area contributed by atoms with Crippen molar-refractivity contribution >= 4 is 13.1 Å². The minimum absolute atomic E-state index is 0.00324. The van der Waals surface area contributed by atoms with Crippen LogP contribution in [0.2, 0.25) is 6.32 Å². The fraction of sp³-hybridized carbons (Fsp3) is 0.938. The first-order valence-corrected chi connectivity index (χ1v) is 9.04. The molecule has 0 aromatic carbocycles. The largest absolute Gasteiger partial charge is 0.480 e. The van der Waals surface area contributed by atoms with E-state index in [1.54, 1.807) is 0 Å². The third-order valence-electron chi connectivity index (χ3n) is 6.55. The van der Waals surface area contributed by atoms with Crippen LogP contribution in [0.5, 0.6) is 0 Å². The van der Waals surface area contributed by atoms with Gasteiger partial charge in [-0.3, -0.25) is 9.69 Å². The van der Waals surface area contributed by atoms with E-state index < -0.39 is 18.6 Å². The number of rotatable bonds is 6. The van der Waals surface area contributed by atoms with Crippen LogP contribution in [-0.2, 0) is 4.79 Å². The number of nitrogens with two attached hydrogens (primary N) is 1. The third kappa shape index (κ3) is 3.43. The summed E-state index contributed by atoms with van der Waals surface area (Å²) in [5, 5.41) is 27.8. The van der Waals surface area contributed by atoms with Crippen LogP contribution in [0.1, 0.15) is 51.4 Å². The fourth-order valence-electron chi connectivity index (χ4n) is 5.16. The third-order valence-corrected chi connectivity index (χ3v) is 6.55. The molecular formula is C16H29BN2O4. The summed E-state index contributed by atoms with van der Waals surface area (Å²) in [6, 6.07) is 1.28. The molecule has 3 rings (SSSR count). The fourth-order valence-corrected chi connectivity index (χ4v) is 5.16. The summed E-state index contributed by atoms with van der Waals surface area (Å²) in [5.74, 6) is -0.732. The van der Waals surface area contributed by atoms with E-state index in [9.17, 15) is 9.90 Å². The van der Waals surface area contributed by atoms with Gasteiger partial charge in [0.15, 0.2) is 0 Å². The van der Waals surface area contributed by atoms with Gasteiger partial charge in [0, 0.05) is 24.5 Å². The molecule has 1 aliphatic carbocycles. The Morgan fingerprint density at radius 3 is 2.26 bits per heavy atom. The first-order valence-electron chi connectivity index (χ1n) is 9.04. The van der Waals surface area contributed by atoms with Crippen molar-refractivity contribution in [2.75, 3.05) is 6.54 Å². The minimum Gasteiger partial charge on any atom is -0.480 e. The molecule has 1 saturated carbocycles. The van der Waals surface area contributed by atoms with Crippen LogP contribution >= 0.6 is 0 Å². The number of carboxylic acids is 1. The zero-order chi connectivity index (χ0) is 16.6. The molecule has 6 nitrogen and oxygen atoms in total. The Bertz CT molecular complexity index is 430. The summed E-state index contributed by atoms with van der Waals surface area (Å²) < 4.78 is 0. The molecule has 2 bridgehead atoms. The number of hydrogen-bond acceptors (Lipinski definition) is 5. The van der Waals surface area contributed by atoms with Gasteiger partial charge in [-0.05, 0) is 57.2 Å². The lowest BCUT2D eigenvalue weighted by molar-refractivity contribution is -0.148. The highest BCUT2D eigenvalue weighted by molar-refractivity contribution is 6.40. The molecule has 0 spiro atoms. The molecule has 0 aromatic rings. The molecule has 7 heteroatoms. The molecule has 23 heavy (non-hydrogen) atoms. The maximum atomic E-state index is 11.9. The van der Waals surface area contributed by atoms with Crippen molar-refractivity contribution in [3.05, 3.63) is 0 Å². The lowest BCUT2D eigenvalue weighted by Gasteiger charge is -2.43. The molecule has 0 amide bonds. The highest BCUT2D eigenvalue weighted by Gasteiger charge is 2.49. The van der Waals surface area contributed by atoms with Crippen LogP contribution in [0.4, 0.5) is 0 Å². The van der Waals surface area contributed by atoms with Crippen molar-refractivity contribution in [2.45, 2.75) is 75.3 Å². The Kier molecular flexibility index (Phi) is 5.02. The van der Waals surface area contributed by atoms with Crippen LogP contribution in [-0.4, -0.2) is 57.3 Å². The van der Waals surface area contributed by atoms with E-state index >= 15 is 0 Å². The van der Waals surface area contributed by atoms with Gasteiger partial charge in [-0.2, -0.15) is 0 Å². The van der Waals surface area contributed by atoms with Gasteiger partial charge in [0.25, 0.3) is 0 Å². The summed E-state index contributed by atoms with van der Waals surface area (Å²) in [5.41, 5.74) is 5.21. The highest BCUT2D eigenvalue weighted by atomic mass is 16.4. The van der Waals surface area contributed by atoms with Gasteiger partial charge < -0.3 is 20.9 Å². The first-order chi connectivity index (χ1) is 10.9. The number of carboxylic acid groups (broad SMARTS) is 1. The van der Waals surface area contributed by atoms with E-state index in [4.69, 9.17) is 15.8 Å². The van der Waals surface area contributed by atoms with Crippen LogP contribution < -0.4 is 5.73 Å². The van der Waals surface area contributed by atoms with Crippen molar-refractivity contribution in [3.8, 4) is 0 Å². The van der Waals surface area contributed by atoms with Crippen LogP contribution in [0.25, 0.3) is 0 Å². The summed E-state index contributed by atoms with van der Waals surface area (Å²) in [4.78, 5) is 14.4. The lowest BCUT2D eigenvalue weighted by Crippen LogP contribution is -2.60. The van der Waals surface area contributed by atoms with Gasteiger partial charge in [-0.15, -0.1) is 0 Å². The monoisotopic (exact) mass is 324 g/mol. The Hall–Kier alpha value is -0.625. The van der Waals surface area contributed by atoms with Gasteiger partial charge in [0.2, 0.25) is 0 Å². The van der Waals surface area contributed by atoms with E-state index in [1.165, 1.54) is 25.7 Å². The van der Waals surface area contributed by atoms with Crippen LogP contribution in [0, 0.1) is 11.8 Å². The van der Waals surface area contributed by atoms with Crippen molar-refractivity contribution in [3.63, 3.8) is 0 Å². The quantitative estimate of drug-likeness (QED) is 0.535. The summed E-state index contributed by atoms with van der Waals surface area (Å²) in [7, 11) is -1.31. The zero-order valence-corrected chi connectivity index (χ0v) is 13.7. The Morgan fingerprint density at radius 2 is 1.74 bits per heavy atom. The smallest absolute Gasteiger partial charge is 0.451 e. The molecule has 0 aromatic heterocycles. The molecule has 130 valence electrons. The van der Waals surface area contributed by atoms with Crippen LogP contribution in [0.15, 0.2) is 0 Å². The molecule has 3 fully saturated rings. The predicted octanol–water partition coefficient (Wildman–Crippen LogP) is 0.674. The van der Waals surface area contributed by atoms with Gasteiger partial charge in [-0.1, -0.05) is 6.42 Å². The van der Waals surface area contributed by atoms with Crippen molar-refractivity contribution in [1.82, 2.24) is 4.90 Å². The van der Waals surface area contributed by atoms with Crippen molar-refractivity contribution in [2.24, 2.45) is 17.6 Å². The van der Waals surface area contributed by atoms with Gasteiger partial charge in [-0.25, -0.2) is 0 Å². The standard InChI is InChI=1S/C16H29BN2O4/c18-16(15(20)21)9-11(7-8-17(22)23)1-2-12(16)10-19-13-3-4-14(19)6-5-13/h11-14,22-23H,1-10,18H2,(H,20,21)/t11-,12-,13?,14?,16+/m0/s1. The molecule has 3 aliphatic rings. The minimum atomic E-state index is -1.31. The Morgan fingerprint density at radius 1 is 1.13 bits per heavy atom. The average Bonchev–Trinajstić information content (AvgIpc) is 3.07. The topological polar surface area (TPSA) is 107 Å². The number of hydrogen-bond donors (Lipinski definition) is 4. The number of aliphatic carboxylic acids is 1. The van der Waals surface area contributed by atoms with E-state index in [1.807, 2.05) is 0 Å². The van der Waals surface area contributed by atoms with Gasteiger partial charge >= 0.3 is 13.1 Å². The number of carbonyl (C=O) groups is 1. The summed E-state index contributed by atoms with van der Waals surface area (Å²) in [6.07, 6.45) is 8.13. The SMILES string of the molecule is N[C@]1(C(=O)O)C[C@H](CCB(O)O)CC[C@H]1CN1C2CCC1CC2. The summed E-state index contributed by atoms with van der Waals surface area (Å²) >= 11 is 0. The molecule has 2 saturated heterocycles. The second-order valence-electron chi connectivity index (χ2n) is 7.91. The summed E-state index contributed by atoms with van der Waals surface area (Å²) in [6.45, 7) is 0.813. The van der Waals surface area contributed by atoms with Crippen molar-refractivity contribution < 1.29 is 19.9 Å². The molecule has 3 atom stereocenters. The first kappa shape index (κ1) is 17.2. The zero-order valence-electron chi connectivity index (χ0n) is 13.7. The second-order valence-corrected chi connectivity index (χ2v) is 7.91. The second kappa shape index (κ2) is 6.71. The van der Waals surface area contributed by atoms with Crippen molar-refractivity contribution in [1.29, 1.82) is 0 Å². The molecule has 2 heterocycles. The molecule has 0 radical (unpaired) electrons. The molecule has 0 unspecified atom stereocenters. The molecule has 2 aliphatic heterocycles. The van der Waals surface area contributed by atoms with Gasteiger partial charge in [0.05, 0.1) is 0 Å². The molecule has 5 N–H and O–H groups in total. The Balaban J connectivity index is 1.64. The predicted molar refractivity (Wildman–Crippen MR) is 87.8 cm³/mol. The Labute approximate surface area is 138 Å². The number of nitrogens with zero attached hydrogens (tertiary/aromatic N) is 1. The maximum Gasteiger partial charge on any atom is 0.451 e. The van der Waals surface area contributed by atoms with Gasteiger partial charge in [0.1, 0.15) is 5.54 Å². The average molecular weight is 324 g/mol. The lowest BCUT2D eigenvalue weighted by atomic mass is 9.66. The maximum absolute atomic E-state index is 11.9.